The third-order valence-electron chi connectivity index (χ3n) is 2.55. The molecule has 90 valence electrons. The van der Waals surface area contributed by atoms with E-state index in [0.29, 0.717) is 13.1 Å². The Morgan fingerprint density at radius 3 is 2.76 bits per heavy atom. The van der Waals surface area contributed by atoms with Crippen LogP contribution in [-0.4, -0.2) is 16.9 Å². The second kappa shape index (κ2) is 5.33. The van der Waals surface area contributed by atoms with E-state index in [2.05, 4.69) is 21.0 Å². The van der Waals surface area contributed by atoms with Crippen LogP contribution < -0.4 is 10.5 Å². The van der Waals surface area contributed by atoms with Gasteiger partial charge < -0.3 is 10.5 Å². The molecule has 0 fully saturated rings. The molecule has 4 nitrogen and oxygen atoms in total. The highest BCUT2D eigenvalue weighted by Crippen LogP contribution is 2.22. The van der Waals surface area contributed by atoms with Crippen molar-refractivity contribution < 1.29 is 4.74 Å². The van der Waals surface area contributed by atoms with Gasteiger partial charge in [0.15, 0.2) is 0 Å². The molecule has 0 amide bonds. The molecule has 2 rings (SSSR count). The minimum absolute atomic E-state index is 0.430. The highest BCUT2D eigenvalue weighted by atomic mass is 79.9. The van der Waals surface area contributed by atoms with E-state index in [1.807, 2.05) is 28.9 Å². The molecule has 0 unspecified atom stereocenters. The number of nitrogens with zero attached hydrogens (tertiary/aromatic N) is 2. The Bertz CT molecular complexity index is 510. The maximum absolute atomic E-state index is 5.62. The van der Waals surface area contributed by atoms with Gasteiger partial charge in [-0.3, -0.25) is 0 Å². The summed E-state index contributed by atoms with van der Waals surface area (Å²) in [6, 6.07) is 8.04. The number of hydrogen-bond acceptors (Lipinski definition) is 3. The molecular formula is C12H14BrN3O. The van der Waals surface area contributed by atoms with Crippen LogP contribution in [0.2, 0.25) is 0 Å². The summed E-state index contributed by atoms with van der Waals surface area (Å²) in [7, 11) is 1.63. The molecule has 0 spiro atoms. The molecule has 0 saturated heterocycles. The lowest BCUT2D eigenvalue weighted by Crippen LogP contribution is -2.06. The van der Waals surface area contributed by atoms with Crippen LogP contribution in [0.5, 0.6) is 5.88 Å². The summed E-state index contributed by atoms with van der Waals surface area (Å²) in [5, 5.41) is 4.29. The van der Waals surface area contributed by atoms with Crippen LogP contribution in [0.25, 0.3) is 0 Å². The molecule has 0 atom stereocenters. The molecule has 5 heteroatoms. The quantitative estimate of drug-likeness (QED) is 0.940. The van der Waals surface area contributed by atoms with Crippen molar-refractivity contribution in [3.05, 3.63) is 46.1 Å². The first-order valence-corrected chi connectivity index (χ1v) is 6.07. The Morgan fingerprint density at radius 1 is 1.35 bits per heavy atom. The zero-order valence-corrected chi connectivity index (χ0v) is 11.1. The Morgan fingerprint density at radius 2 is 2.12 bits per heavy atom. The van der Waals surface area contributed by atoms with E-state index in [0.717, 1.165) is 21.5 Å². The van der Waals surface area contributed by atoms with E-state index in [1.54, 1.807) is 13.3 Å². The van der Waals surface area contributed by atoms with E-state index < -0.39 is 0 Å². The molecule has 0 aliphatic rings. The van der Waals surface area contributed by atoms with Crippen LogP contribution in [-0.2, 0) is 13.1 Å². The van der Waals surface area contributed by atoms with E-state index in [9.17, 15) is 0 Å². The zero-order valence-electron chi connectivity index (χ0n) is 9.56. The van der Waals surface area contributed by atoms with Gasteiger partial charge in [0.25, 0.3) is 0 Å². The van der Waals surface area contributed by atoms with Gasteiger partial charge in [-0.2, -0.15) is 5.10 Å². The van der Waals surface area contributed by atoms with Gasteiger partial charge in [-0.15, -0.1) is 0 Å². The molecular weight excluding hydrogens is 282 g/mol. The van der Waals surface area contributed by atoms with Crippen LogP contribution in [0, 0.1) is 0 Å². The van der Waals surface area contributed by atoms with Gasteiger partial charge in [0.2, 0.25) is 5.88 Å². The molecule has 0 bridgehead atoms. The van der Waals surface area contributed by atoms with Crippen molar-refractivity contribution in [1.29, 1.82) is 0 Å². The molecule has 1 aromatic heterocycles. The number of rotatable bonds is 4. The fraction of sp³-hybridized carbons (Fsp3) is 0.250. The Kier molecular flexibility index (Phi) is 3.81. The summed E-state index contributed by atoms with van der Waals surface area (Å²) in [5.74, 6) is 0.725. The summed E-state index contributed by atoms with van der Waals surface area (Å²) >= 11 is 3.52. The van der Waals surface area contributed by atoms with Gasteiger partial charge in [-0.25, -0.2) is 4.68 Å². The minimum Gasteiger partial charge on any atom is -0.481 e. The monoisotopic (exact) mass is 295 g/mol. The molecule has 1 aromatic carbocycles. The van der Waals surface area contributed by atoms with Crippen molar-refractivity contribution in [3.63, 3.8) is 0 Å². The smallest absolute Gasteiger partial charge is 0.216 e. The number of methoxy groups -OCH3 is 1. The van der Waals surface area contributed by atoms with Crippen molar-refractivity contribution in [2.75, 3.05) is 7.11 Å². The number of hydrogen-bond donors (Lipinski definition) is 1. The fourth-order valence-corrected chi connectivity index (χ4v) is 2.10. The largest absolute Gasteiger partial charge is 0.481 e. The van der Waals surface area contributed by atoms with E-state index >= 15 is 0 Å². The van der Waals surface area contributed by atoms with Crippen molar-refractivity contribution >= 4 is 15.9 Å². The van der Waals surface area contributed by atoms with Gasteiger partial charge in [-0.1, -0.05) is 34.1 Å². The van der Waals surface area contributed by atoms with Crippen molar-refractivity contribution in [1.82, 2.24) is 9.78 Å². The fourth-order valence-electron chi connectivity index (χ4n) is 1.69. The van der Waals surface area contributed by atoms with Crippen molar-refractivity contribution in [2.24, 2.45) is 5.73 Å². The van der Waals surface area contributed by atoms with Crippen molar-refractivity contribution in [3.8, 4) is 5.88 Å². The number of nitrogens with two attached hydrogens (primary N) is 1. The maximum atomic E-state index is 5.62. The summed E-state index contributed by atoms with van der Waals surface area (Å²) in [6.45, 7) is 1.09. The standard InChI is InChI=1S/C12H14BrN3O/c1-17-12-10(6-14)7-15-16(12)8-9-4-2-3-5-11(9)13/h2-5,7H,6,8,14H2,1H3. The van der Waals surface area contributed by atoms with E-state index in [1.165, 1.54) is 0 Å². The summed E-state index contributed by atoms with van der Waals surface area (Å²) in [4.78, 5) is 0. The molecule has 2 aromatic rings. The maximum Gasteiger partial charge on any atom is 0.216 e. The Balaban J connectivity index is 2.30. The second-order valence-electron chi connectivity index (χ2n) is 3.63. The van der Waals surface area contributed by atoms with Crippen LogP contribution in [0.4, 0.5) is 0 Å². The number of aromatic nitrogens is 2. The van der Waals surface area contributed by atoms with Gasteiger partial charge in [0, 0.05) is 16.6 Å². The lowest BCUT2D eigenvalue weighted by Gasteiger charge is -2.08. The summed E-state index contributed by atoms with van der Waals surface area (Å²) in [5.41, 5.74) is 7.69. The van der Waals surface area contributed by atoms with Crippen molar-refractivity contribution in [2.45, 2.75) is 13.1 Å². The lowest BCUT2D eigenvalue weighted by molar-refractivity contribution is 0.362. The zero-order chi connectivity index (χ0) is 12.3. The lowest BCUT2D eigenvalue weighted by atomic mass is 10.2. The SMILES string of the molecule is COc1c(CN)cnn1Cc1ccccc1Br. The van der Waals surface area contributed by atoms with Gasteiger partial charge in [-0.05, 0) is 11.6 Å². The molecule has 0 aliphatic carbocycles. The molecule has 0 radical (unpaired) electrons. The number of halogens is 1. The third kappa shape index (κ3) is 2.50. The van der Waals surface area contributed by atoms with Crippen LogP contribution in [0.3, 0.4) is 0 Å². The summed E-state index contributed by atoms with van der Waals surface area (Å²) in [6.07, 6.45) is 1.75. The summed E-state index contributed by atoms with van der Waals surface area (Å²) < 4.78 is 8.19. The average Bonchev–Trinajstić information content (AvgIpc) is 2.74. The average molecular weight is 296 g/mol. The first kappa shape index (κ1) is 12.1. The third-order valence-corrected chi connectivity index (χ3v) is 3.33. The van der Waals surface area contributed by atoms with Gasteiger partial charge in [0.05, 0.1) is 19.9 Å². The molecule has 0 saturated carbocycles. The van der Waals surface area contributed by atoms with Crippen LogP contribution >= 0.6 is 15.9 Å². The number of benzene rings is 1. The predicted molar refractivity (Wildman–Crippen MR) is 69.9 cm³/mol. The normalized spacial score (nSPS) is 10.5. The molecule has 0 aliphatic heterocycles. The van der Waals surface area contributed by atoms with E-state index in [-0.39, 0.29) is 0 Å². The highest BCUT2D eigenvalue weighted by molar-refractivity contribution is 9.10. The number of ether oxygens (including phenoxy) is 1. The predicted octanol–water partition coefficient (Wildman–Crippen LogP) is 2.16. The highest BCUT2D eigenvalue weighted by Gasteiger charge is 2.11. The molecule has 1 heterocycles. The topological polar surface area (TPSA) is 53.1 Å². The Labute approximate surface area is 109 Å². The van der Waals surface area contributed by atoms with Crippen LogP contribution in [0.15, 0.2) is 34.9 Å². The van der Waals surface area contributed by atoms with E-state index in [4.69, 9.17) is 10.5 Å². The second-order valence-corrected chi connectivity index (χ2v) is 4.49. The minimum atomic E-state index is 0.430. The first-order valence-electron chi connectivity index (χ1n) is 5.28. The molecule has 2 N–H and O–H groups in total. The molecule has 17 heavy (non-hydrogen) atoms. The Hall–Kier alpha value is -1.33. The first-order chi connectivity index (χ1) is 8.26. The van der Waals surface area contributed by atoms with Gasteiger partial charge in [0.1, 0.15) is 0 Å². The van der Waals surface area contributed by atoms with Gasteiger partial charge >= 0.3 is 0 Å². The van der Waals surface area contributed by atoms with Crippen LogP contribution in [0.1, 0.15) is 11.1 Å².